The Balaban J connectivity index is 2.80. The van der Waals surface area contributed by atoms with Gasteiger partial charge in [-0.25, -0.2) is 19.2 Å². The molecule has 0 bridgehead atoms. The number of benzene rings is 1. The molecular formula is C16H13F4N3O4. The molecule has 144 valence electrons. The van der Waals surface area contributed by atoms with E-state index in [9.17, 15) is 27.2 Å². The number of aromatic nitrogens is 2. The van der Waals surface area contributed by atoms with Crippen LogP contribution in [-0.2, 0) is 10.9 Å². The molecule has 1 aromatic carbocycles. The molecule has 0 amide bonds. The summed E-state index contributed by atoms with van der Waals surface area (Å²) in [6, 6.07) is 2.26. The molecular weight excluding hydrogens is 374 g/mol. The van der Waals surface area contributed by atoms with Crippen LogP contribution in [0.1, 0.15) is 33.3 Å². The van der Waals surface area contributed by atoms with Gasteiger partial charge in [0.25, 0.3) is 0 Å². The van der Waals surface area contributed by atoms with Crippen molar-refractivity contribution in [2.75, 3.05) is 18.7 Å². The summed E-state index contributed by atoms with van der Waals surface area (Å²) in [5, 5.41) is 11.3. The molecule has 0 saturated carbocycles. The Labute approximate surface area is 150 Å². The number of anilines is 1. The van der Waals surface area contributed by atoms with E-state index < -0.39 is 58.7 Å². The van der Waals surface area contributed by atoms with Gasteiger partial charge in [-0.05, 0) is 19.1 Å². The lowest BCUT2D eigenvalue weighted by Gasteiger charge is -2.16. The fraction of sp³-hybridized carbons (Fsp3) is 0.250. The third-order valence-corrected chi connectivity index (χ3v) is 3.32. The minimum absolute atomic E-state index is 0.0665. The number of rotatable bonds is 6. The summed E-state index contributed by atoms with van der Waals surface area (Å²) in [7, 11) is 0. The molecule has 0 radical (unpaired) electrons. The second kappa shape index (κ2) is 8.08. The molecule has 2 aromatic rings. The van der Waals surface area contributed by atoms with Crippen LogP contribution in [0.15, 0.2) is 18.2 Å². The van der Waals surface area contributed by atoms with Crippen LogP contribution in [0.25, 0.3) is 11.4 Å². The molecule has 0 saturated heterocycles. The highest BCUT2D eigenvalue weighted by molar-refractivity contribution is 6.01. The van der Waals surface area contributed by atoms with Gasteiger partial charge in [0, 0.05) is 0 Å². The summed E-state index contributed by atoms with van der Waals surface area (Å²) < 4.78 is 58.6. The summed E-state index contributed by atoms with van der Waals surface area (Å²) in [6.07, 6.45) is -4.83. The van der Waals surface area contributed by atoms with Crippen molar-refractivity contribution in [2.24, 2.45) is 0 Å². The summed E-state index contributed by atoms with van der Waals surface area (Å²) >= 11 is 0. The number of halogens is 4. The van der Waals surface area contributed by atoms with Crippen molar-refractivity contribution in [3.8, 4) is 11.4 Å². The number of ether oxygens (including phenoxy) is 1. The lowest BCUT2D eigenvalue weighted by molar-refractivity contribution is -0.137. The summed E-state index contributed by atoms with van der Waals surface area (Å²) in [5.41, 5.74) is -3.47. The average Bonchev–Trinajstić information content (AvgIpc) is 2.60. The smallest absolute Gasteiger partial charge is 0.417 e. The van der Waals surface area contributed by atoms with Crippen molar-refractivity contribution in [1.82, 2.24) is 9.97 Å². The highest BCUT2D eigenvalue weighted by Gasteiger charge is 2.36. The van der Waals surface area contributed by atoms with Crippen molar-refractivity contribution >= 4 is 18.1 Å². The number of carbonyl (C=O) groups is 2. The lowest BCUT2D eigenvalue weighted by atomic mass is 10.0. The highest BCUT2D eigenvalue weighted by atomic mass is 19.4. The molecule has 0 unspecified atom stereocenters. The number of carbonyl (C=O) groups excluding carboxylic acids is 2. The Bertz CT molecular complexity index is 871. The summed E-state index contributed by atoms with van der Waals surface area (Å²) in [5.74, 6) is -3.57. The number of esters is 1. The highest BCUT2D eigenvalue weighted by Crippen LogP contribution is 2.38. The Morgan fingerprint density at radius 3 is 2.59 bits per heavy atom. The maximum absolute atomic E-state index is 14.2. The first-order chi connectivity index (χ1) is 12.7. The monoisotopic (exact) mass is 387 g/mol. The lowest BCUT2D eigenvalue weighted by Crippen LogP contribution is -2.18. The SMILES string of the molecule is CCOC(=O)c1c(C=O)nc(-c2c(F)cccc2C(F)(F)F)nc1NCO. The number of aliphatic hydroxyl groups excluding tert-OH is 1. The predicted molar refractivity (Wildman–Crippen MR) is 84.5 cm³/mol. The second-order valence-corrected chi connectivity index (χ2v) is 4.99. The Morgan fingerprint density at radius 2 is 2.04 bits per heavy atom. The van der Waals surface area contributed by atoms with Crippen LogP contribution in [0.4, 0.5) is 23.4 Å². The van der Waals surface area contributed by atoms with Gasteiger partial charge in [-0.1, -0.05) is 6.07 Å². The maximum Gasteiger partial charge on any atom is 0.417 e. The topological polar surface area (TPSA) is 101 Å². The molecule has 0 aliphatic carbocycles. The molecule has 0 aliphatic rings. The van der Waals surface area contributed by atoms with Gasteiger partial charge >= 0.3 is 12.1 Å². The van der Waals surface area contributed by atoms with Crippen LogP contribution < -0.4 is 5.32 Å². The zero-order valence-electron chi connectivity index (χ0n) is 13.8. The van der Waals surface area contributed by atoms with E-state index in [2.05, 4.69) is 15.3 Å². The van der Waals surface area contributed by atoms with Gasteiger partial charge in [0.15, 0.2) is 12.1 Å². The molecule has 0 spiro atoms. The zero-order chi connectivity index (χ0) is 20.2. The Hall–Kier alpha value is -3.08. The van der Waals surface area contributed by atoms with E-state index in [1.165, 1.54) is 6.92 Å². The van der Waals surface area contributed by atoms with Crippen molar-refractivity contribution in [3.63, 3.8) is 0 Å². The van der Waals surface area contributed by atoms with Gasteiger partial charge in [0.1, 0.15) is 29.6 Å². The van der Waals surface area contributed by atoms with Crippen LogP contribution in [0.5, 0.6) is 0 Å². The van der Waals surface area contributed by atoms with Gasteiger partial charge in [-0.2, -0.15) is 13.2 Å². The number of hydrogen-bond acceptors (Lipinski definition) is 7. The van der Waals surface area contributed by atoms with Gasteiger partial charge < -0.3 is 15.2 Å². The molecule has 0 aliphatic heterocycles. The molecule has 1 heterocycles. The first kappa shape index (κ1) is 20.2. The molecule has 2 rings (SSSR count). The van der Waals surface area contributed by atoms with Crippen LogP contribution >= 0.6 is 0 Å². The van der Waals surface area contributed by atoms with Crippen molar-refractivity contribution in [3.05, 3.63) is 40.8 Å². The van der Waals surface area contributed by atoms with Gasteiger partial charge in [0.2, 0.25) is 0 Å². The minimum Gasteiger partial charge on any atom is -0.462 e. The number of nitrogens with zero attached hydrogens (tertiary/aromatic N) is 2. The molecule has 0 fully saturated rings. The van der Waals surface area contributed by atoms with Gasteiger partial charge in [-0.15, -0.1) is 0 Å². The Kier molecular flexibility index (Phi) is 6.05. The summed E-state index contributed by atoms with van der Waals surface area (Å²) in [6.45, 7) is 0.648. The molecule has 11 heteroatoms. The van der Waals surface area contributed by atoms with E-state index in [0.29, 0.717) is 6.07 Å². The number of hydrogen-bond donors (Lipinski definition) is 2. The first-order valence-electron chi connectivity index (χ1n) is 7.49. The number of alkyl halides is 3. The largest absolute Gasteiger partial charge is 0.462 e. The fourth-order valence-corrected chi connectivity index (χ4v) is 2.27. The van der Waals surface area contributed by atoms with Crippen molar-refractivity contribution < 1.29 is 37.0 Å². The third kappa shape index (κ3) is 4.19. The van der Waals surface area contributed by atoms with Crippen molar-refractivity contribution in [1.29, 1.82) is 0 Å². The van der Waals surface area contributed by atoms with Crippen LogP contribution in [0.2, 0.25) is 0 Å². The molecule has 27 heavy (non-hydrogen) atoms. The van der Waals surface area contributed by atoms with Crippen LogP contribution in [0, 0.1) is 5.82 Å². The average molecular weight is 387 g/mol. The zero-order valence-corrected chi connectivity index (χ0v) is 13.8. The van der Waals surface area contributed by atoms with E-state index in [0.717, 1.165) is 12.1 Å². The van der Waals surface area contributed by atoms with Crippen LogP contribution in [-0.4, -0.2) is 40.7 Å². The maximum atomic E-state index is 14.2. The first-order valence-corrected chi connectivity index (χ1v) is 7.49. The predicted octanol–water partition coefficient (Wildman–Crippen LogP) is 2.65. The quantitative estimate of drug-likeness (QED) is 0.340. The second-order valence-electron chi connectivity index (χ2n) is 4.99. The number of aldehydes is 1. The molecule has 1 aromatic heterocycles. The molecule has 0 atom stereocenters. The van der Waals surface area contributed by atoms with E-state index in [1.54, 1.807) is 0 Å². The fourth-order valence-electron chi connectivity index (χ4n) is 2.27. The standard InChI is InChI=1S/C16H13F4N3O4/c1-2-27-15(26)12-10(6-24)22-14(23-13(12)21-7-25)11-8(16(18,19)20)4-3-5-9(11)17/h3-6,25H,2,7H2,1H3,(H,21,22,23). The van der Waals surface area contributed by atoms with Crippen molar-refractivity contribution in [2.45, 2.75) is 13.1 Å². The Morgan fingerprint density at radius 1 is 1.33 bits per heavy atom. The number of aliphatic hydroxyl groups is 1. The van der Waals surface area contributed by atoms with Gasteiger partial charge in [-0.3, -0.25) is 4.79 Å². The number of nitrogens with one attached hydrogen (secondary N) is 1. The van der Waals surface area contributed by atoms with E-state index in [-0.39, 0.29) is 12.9 Å². The third-order valence-electron chi connectivity index (χ3n) is 3.32. The minimum atomic E-state index is -4.92. The molecule has 7 nitrogen and oxygen atoms in total. The summed E-state index contributed by atoms with van der Waals surface area (Å²) in [4.78, 5) is 30.7. The molecule has 2 N–H and O–H groups in total. The van der Waals surface area contributed by atoms with E-state index in [1.807, 2.05) is 0 Å². The van der Waals surface area contributed by atoms with Gasteiger partial charge in [0.05, 0.1) is 17.7 Å². The van der Waals surface area contributed by atoms with E-state index in [4.69, 9.17) is 9.84 Å². The van der Waals surface area contributed by atoms with E-state index >= 15 is 0 Å². The van der Waals surface area contributed by atoms with Crippen LogP contribution in [0.3, 0.4) is 0 Å². The normalized spacial score (nSPS) is 11.2.